The highest BCUT2D eigenvalue weighted by Crippen LogP contribution is 2.26. The average molecular weight is 494 g/mol. The van der Waals surface area contributed by atoms with Gasteiger partial charge in [0.05, 0.1) is 15.5 Å². The third-order valence-corrected chi connectivity index (χ3v) is 7.42. The SMILES string of the molecule is C[C@H](OC(=O)c1cc(S(=O)(=O)N2CCCCC2)ccc1Cl)C(=O)Nc1ccc(C(N)=O)cc1. The second kappa shape index (κ2) is 10.3. The summed E-state index contributed by atoms with van der Waals surface area (Å²) in [5, 5.41) is 2.56. The molecule has 0 saturated carbocycles. The number of hydrogen-bond acceptors (Lipinski definition) is 6. The Bertz CT molecular complexity index is 1160. The summed E-state index contributed by atoms with van der Waals surface area (Å²) in [4.78, 5) is 36.1. The van der Waals surface area contributed by atoms with Crippen molar-refractivity contribution in [1.29, 1.82) is 0 Å². The Morgan fingerprint density at radius 2 is 1.70 bits per heavy atom. The molecule has 2 amide bonds. The molecular weight excluding hydrogens is 470 g/mol. The van der Waals surface area contributed by atoms with Crippen molar-refractivity contribution in [2.24, 2.45) is 5.73 Å². The number of rotatable bonds is 7. The van der Waals surface area contributed by atoms with Gasteiger partial charge in [0.25, 0.3) is 5.91 Å². The molecule has 176 valence electrons. The zero-order valence-electron chi connectivity index (χ0n) is 17.9. The van der Waals surface area contributed by atoms with Crippen LogP contribution in [-0.4, -0.2) is 49.7 Å². The van der Waals surface area contributed by atoms with Crippen LogP contribution in [0.1, 0.15) is 46.9 Å². The minimum atomic E-state index is -3.78. The Kier molecular flexibility index (Phi) is 7.72. The molecule has 0 aliphatic carbocycles. The molecule has 0 unspecified atom stereocenters. The summed E-state index contributed by atoms with van der Waals surface area (Å²) in [6.45, 7) is 2.21. The maximum Gasteiger partial charge on any atom is 0.340 e. The number of benzene rings is 2. The van der Waals surface area contributed by atoms with Crippen molar-refractivity contribution in [3.63, 3.8) is 0 Å². The van der Waals surface area contributed by atoms with Crippen molar-refractivity contribution in [2.45, 2.75) is 37.2 Å². The molecule has 9 nitrogen and oxygen atoms in total. The highest BCUT2D eigenvalue weighted by molar-refractivity contribution is 7.89. The van der Waals surface area contributed by atoms with Crippen molar-refractivity contribution in [3.05, 3.63) is 58.6 Å². The quantitative estimate of drug-likeness (QED) is 0.569. The molecule has 2 aromatic rings. The predicted octanol–water partition coefficient (Wildman–Crippen LogP) is 2.80. The third-order valence-electron chi connectivity index (χ3n) is 5.20. The van der Waals surface area contributed by atoms with E-state index in [9.17, 15) is 22.8 Å². The van der Waals surface area contributed by atoms with Crippen molar-refractivity contribution in [2.75, 3.05) is 18.4 Å². The maximum atomic E-state index is 12.9. The number of sulfonamides is 1. The standard InChI is InChI=1S/C22H24ClN3O6S/c1-14(21(28)25-16-7-5-15(6-8-16)20(24)27)32-22(29)18-13-17(9-10-19(18)23)33(30,31)26-11-3-2-4-12-26/h5-10,13-14H,2-4,11-12H2,1H3,(H2,24,27)(H,25,28)/t14-/m0/s1. The monoisotopic (exact) mass is 493 g/mol. The first-order chi connectivity index (χ1) is 15.6. The maximum absolute atomic E-state index is 12.9. The summed E-state index contributed by atoms with van der Waals surface area (Å²) in [6, 6.07) is 9.69. The molecule has 3 N–H and O–H groups in total. The zero-order chi connectivity index (χ0) is 24.2. The summed E-state index contributed by atoms with van der Waals surface area (Å²) in [5.74, 6) is -2.15. The molecule has 2 aromatic carbocycles. The summed E-state index contributed by atoms with van der Waals surface area (Å²) in [6.07, 6.45) is 1.32. The van der Waals surface area contributed by atoms with Crippen LogP contribution in [0.2, 0.25) is 5.02 Å². The summed E-state index contributed by atoms with van der Waals surface area (Å²) in [5.41, 5.74) is 5.68. The van der Waals surface area contributed by atoms with Gasteiger partial charge in [-0.25, -0.2) is 13.2 Å². The Balaban J connectivity index is 1.70. The van der Waals surface area contributed by atoms with E-state index in [1.54, 1.807) is 0 Å². The van der Waals surface area contributed by atoms with Gasteiger partial charge in [-0.05, 0) is 62.2 Å². The number of nitrogens with zero attached hydrogens (tertiary/aromatic N) is 1. The van der Waals surface area contributed by atoms with E-state index < -0.39 is 33.9 Å². The van der Waals surface area contributed by atoms with Crippen LogP contribution in [0.4, 0.5) is 5.69 Å². The molecular formula is C22H24ClN3O6S. The van der Waals surface area contributed by atoms with E-state index in [1.165, 1.54) is 53.7 Å². The van der Waals surface area contributed by atoms with Crippen molar-refractivity contribution in [1.82, 2.24) is 4.31 Å². The lowest BCUT2D eigenvalue weighted by molar-refractivity contribution is -0.123. The number of carbonyl (C=O) groups is 3. The van der Waals surface area contributed by atoms with Crippen LogP contribution < -0.4 is 11.1 Å². The molecule has 33 heavy (non-hydrogen) atoms. The van der Waals surface area contributed by atoms with E-state index in [-0.39, 0.29) is 21.0 Å². The summed E-state index contributed by atoms with van der Waals surface area (Å²) in [7, 11) is -3.78. The molecule has 1 atom stereocenters. The zero-order valence-corrected chi connectivity index (χ0v) is 19.5. The largest absolute Gasteiger partial charge is 0.449 e. The van der Waals surface area contributed by atoms with Gasteiger partial charge in [-0.1, -0.05) is 18.0 Å². The molecule has 0 spiro atoms. The molecule has 0 bridgehead atoms. The van der Waals surface area contributed by atoms with Gasteiger partial charge in [0.1, 0.15) is 0 Å². The molecule has 3 rings (SSSR count). The lowest BCUT2D eigenvalue weighted by Gasteiger charge is -2.26. The van der Waals surface area contributed by atoms with Gasteiger partial charge in [-0.2, -0.15) is 4.31 Å². The molecule has 1 saturated heterocycles. The van der Waals surface area contributed by atoms with Crippen LogP contribution in [0.5, 0.6) is 0 Å². The highest BCUT2D eigenvalue weighted by Gasteiger charge is 2.28. The number of nitrogens with two attached hydrogens (primary N) is 1. The molecule has 1 aliphatic rings. The van der Waals surface area contributed by atoms with E-state index >= 15 is 0 Å². The number of hydrogen-bond donors (Lipinski definition) is 2. The van der Waals surface area contributed by atoms with Crippen LogP contribution in [0.15, 0.2) is 47.4 Å². The fraction of sp³-hybridized carbons (Fsp3) is 0.318. The normalized spacial score (nSPS) is 15.5. The summed E-state index contributed by atoms with van der Waals surface area (Å²) < 4.78 is 32.4. The first-order valence-electron chi connectivity index (χ1n) is 10.3. The van der Waals surface area contributed by atoms with E-state index in [0.717, 1.165) is 19.3 Å². The Labute approximate surface area is 196 Å². The van der Waals surface area contributed by atoms with Crippen molar-refractivity contribution < 1.29 is 27.5 Å². The van der Waals surface area contributed by atoms with E-state index in [1.807, 2.05) is 0 Å². The minimum absolute atomic E-state index is 0.00671. The van der Waals surface area contributed by atoms with E-state index in [4.69, 9.17) is 22.1 Å². The molecule has 1 heterocycles. The lowest BCUT2D eigenvalue weighted by Crippen LogP contribution is -2.35. The number of ether oxygens (including phenoxy) is 1. The van der Waals surface area contributed by atoms with Gasteiger partial charge in [0.15, 0.2) is 6.10 Å². The Hall–Kier alpha value is -2.95. The molecule has 0 radical (unpaired) electrons. The lowest BCUT2D eigenvalue weighted by atomic mass is 10.2. The van der Waals surface area contributed by atoms with Gasteiger partial charge in [-0.3, -0.25) is 9.59 Å². The van der Waals surface area contributed by atoms with Gasteiger partial charge >= 0.3 is 5.97 Å². The summed E-state index contributed by atoms with van der Waals surface area (Å²) >= 11 is 6.11. The van der Waals surface area contributed by atoms with Crippen LogP contribution in [0.25, 0.3) is 0 Å². The van der Waals surface area contributed by atoms with Gasteiger partial charge in [0, 0.05) is 24.3 Å². The fourth-order valence-corrected chi connectivity index (χ4v) is 5.05. The van der Waals surface area contributed by atoms with Crippen LogP contribution >= 0.6 is 11.6 Å². The topological polar surface area (TPSA) is 136 Å². The number of amides is 2. The number of anilines is 1. The van der Waals surface area contributed by atoms with E-state index in [2.05, 4.69) is 5.32 Å². The number of primary amides is 1. The van der Waals surface area contributed by atoms with Crippen LogP contribution in [-0.2, 0) is 19.6 Å². The van der Waals surface area contributed by atoms with Gasteiger partial charge < -0.3 is 15.8 Å². The minimum Gasteiger partial charge on any atom is -0.449 e. The predicted molar refractivity (Wildman–Crippen MR) is 123 cm³/mol. The highest BCUT2D eigenvalue weighted by atomic mass is 35.5. The molecule has 0 aromatic heterocycles. The molecule has 1 aliphatic heterocycles. The second-order valence-corrected chi connectivity index (χ2v) is 9.93. The number of piperidine rings is 1. The number of esters is 1. The van der Waals surface area contributed by atoms with Crippen molar-refractivity contribution in [3.8, 4) is 0 Å². The molecule has 11 heteroatoms. The Morgan fingerprint density at radius 3 is 2.30 bits per heavy atom. The van der Waals surface area contributed by atoms with Crippen molar-refractivity contribution >= 4 is 45.1 Å². The van der Waals surface area contributed by atoms with E-state index in [0.29, 0.717) is 18.8 Å². The average Bonchev–Trinajstić information content (AvgIpc) is 2.80. The smallest absolute Gasteiger partial charge is 0.340 e. The fourth-order valence-electron chi connectivity index (χ4n) is 3.31. The Morgan fingerprint density at radius 1 is 1.06 bits per heavy atom. The third kappa shape index (κ3) is 5.89. The number of nitrogens with one attached hydrogen (secondary N) is 1. The van der Waals surface area contributed by atoms with Gasteiger partial charge in [-0.15, -0.1) is 0 Å². The number of halogens is 1. The van der Waals surface area contributed by atoms with Crippen LogP contribution in [0, 0.1) is 0 Å². The van der Waals surface area contributed by atoms with Crippen LogP contribution in [0.3, 0.4) is 0 Å². The van der Waals surface area contributed by atoms with Gasteiger partial charge in [0.2, 0.25) is 15.9 Å². The first-order valence-corrected chi connectivity index (χ1v) is 12.1. The number of carbonyl (C=O) groups excluding carboxylic acids is 3. The first kappa shape index (κ1) is 24.7. The molecule has 1 fully saturated rings. The second-order valence-electron chi connectivity index (χ2n) is 7.58.